The van der Waals surface area contributed by atoms with Crippen molar-refractivity contribution >= 4 is 11.9 Å². The quantitative estimate of drug-likeness (QED) is 0.577. The average Bonchev–Trinajstić information content (AvgIpc) is 3.60. The maximum absolute atomic E-state index is 15.6. The number of ether oxygens (including phenoxy) is 1. The number of alkyl halides is 1. The molecular formula is C27H26FN6O2+. The topological polar surface area (TPSA) is 99.3 Å². The zero-order valence-corrected chi connectivity index (χ0v) is 20.0. The zero-order valence-electron chi connectivity index (χ0n) is 20.0. The Labute approximate surface area is 208 Å². The van der Waals surface area contributed by atoms with Crippen molar-refractivity contribution in [1.29, 1.82) is 5.26 Å². The summed E-state index contributed by atoms with van der Waals surface area (Å²) in [6.07, 6.45) is 1.30. The first-order chi connectivity index (χ1) is 17.4. The lowest BCUT2D eigenvalue weighted by Gasteiger charge is -2.36. The monoisotopic (exact) mass is 485 g/mol. The van der Waals surface area contributed by atoms with Gasteiger partial charge in [-0.1, -0.05) is 23.3 Å². The highest BCUT2D eigenvalue weighted by Crippen LogP contribution is 2.37. The summed E-state index contributed by atoms with van der Waals surface area (Å²) in [5, 5.41) is 16.1. The minimum atomic E-state index is -1.51. The molecule has 3 heterocycles. The molecule has 36 heavy (non-hydrogen) atoms. The number of nitrogens with zero attached hydrogens (tertiary/aromatic N) is 5. The van der Waals surface area contributed by atoms with Crippen LogP contribution in [-0.4, -0.2) is 52.3 Å². The average molecular weight is 486 g/mol. The molecule has 0 radical (unpaired) electrons. The standard InChI is InChI=1S/C27H26FN6O2/c1-18-2-5-21(14-23(18)24-31-26(33-32-24)30-16-20-8-13-36-17-20)25(35)34-11-9-27(28,10-12-34)22-6-3-19(15-29)4-7-22/h2-7,14,20H,8-13,17H2,1H3,(H,31,32,33)/q+1. The van der Waals surface area contributed by atoms with Gasteiger partial charge in [0.25, 0.3) is 11.7 Å². The highest BCUT2D eigenvalue weighted by Gasteiger charge is 2.37. The van der Waals surface area contributed by atoms with Crippen LogP contribution in [0.4, 0.5) is 10.3 Å². The number of nitriles is 1. The van der Waals surface area contributed by atoms with E-state index >= 15 is 4.39 Å². The number of H-pyrrole nitrogens is 1. The van der Waals surface area contributed by atoms with E-state index in [1.165, 1.54) is 0 Å². The summed E-state index contributed by atoms with van der Waals surface area (Å²) in [6, 6.07) is 17.1. The minimum Gasteiger partial charge on any atom is -0.380 e. The maximum Gasteiger partial charge on any atom is 0.515 e. The van der Waals surface area contributed by atoms with Crippen LogP contribution in [0.15, 0.2) is 42.5 Å². The third-order valence-corrected chi connectivity index (χ3v) is 6.86. The molecule has 1 N–H and O–H groups in total. The Morgan fingerprint density at radius 3 is 2.72 bits per heavy atom. The van der Waals surface area contributed by atoms with Gasteiger partial charge in [0, 0.05) is 43.7 Å². The van der Waals surface area contributed by atoms with Crippen LogP contribution in [0.5, 0.6) is 0 Å². The summed E-state index contributed by atoms with van der Waals surface area (Å²) in [4.78, 5) is 23.6. The van der Waals surface area contributed by atoms with Gasteiger partial charge in [-0.2, -0.15) is 10.1 Å². The van der Waals surface area contributed by atoms with Crippen molar-refractivity contribution in [1.82, 2.24) is 20.1 Å². The lowest BCUT2D eigenvalue weighted by Crippen LogP contribution is -2.43. The van der Waals surface area contributed by atoms with Gasteiger partial charge in [0.05, 0.1) is 24.2 Å². The van der Waals surface area contributed by atoms with Gasteiger partial charge >= 0.3 is 5.95 Å². The second-order valence-corrected chi connectivity index (χ2v) is 9.26. The Hall–Kier alpha value is -4.08. The number of benzene rings is 2. The van der Waals surface area contributed by atoms with E-state index in [1.807, 2.05) is 19.1 Å². The number of aromatic nitrogens is 3. The fraction of sp³-hybridized carbons (Fsp3) is 0.370. The first-order valence-corrected chi connectivity index (χ1v) is 12.0. The van der Waals surface area contributed by atoms with Crippen LogP contribution in [0.2, 0.25) is 0 Å². The summed E-state index contributed by atoms with van der Waals surface area (Å²) in [7, 11) is 0. The Morgan fingerprint density at radius 1 is 1.25 bits per heavy atom. The number of aryl methyl sites for hydroxylation is 1. The molecule has 1 unspecified atom stereocenters. The second-order valence-electron chi connectivity index (χ2n) is 9.26. The van der Waals surface area contributed by atoms with Crippen molar-refractivity contribution in [3.05, 3.63) is 69.6 Å². The number of aromatic amines is 1. The number of nitrogens with one attached hydrogen (secondary N) is 1. The number of likely N-dealkylation sites (tertiary alicyclic amines) is 1. The Morgan fingerprint density at radius 2 is 2.03 bits per heavy atom. The lowest BCUT2D eigenvalue weighted by atomic mass is 9.85. The van der Waals surface area contributed by atoms with Gasteiger partial charge in [-0.25, -0.2) is 4.39 Å². The molecular weight excluding hydrogens is 459 g/mol. The largest absolute Gasteiger partial charge is 0.515 e. The Bertz CT molecular complexity index is 1370. The van der Waals surface area contributed by atoms with Crippen molar-refractivity contribution in [2.24, 2.45) is 5.92 Å². The van der Waals surface area contributed by atoms with Crippen molar-refractivity contribution in [3.8, 4) is 23.5 Å². The minimum absolute atomic E-state index is 0.151. The molecule has 2 aliphatic heterocycles. The van der Waals surface area contributed by atoms with Crippen molar-refractivity contribution in [3.63, 3.8) is 0 Å². The van der Waals surface area contributed by atoms with E-state index in [-0.39, 0.29) is 24.7 Å². The smallest absolute Gasteiger partial charge is 0.380 e. The molecule has 8 nitrogen and oxygen atoms in total. The number of carbonyl (C=O) groups excluding carboxylic acids is 1. The molecule has 2 fully saturated rings. The second kappa shape index (κ2) is 9.88. The highest BCUT2D eigenvalue weighted by atomic mass is 19.1. The van der Waals surface area contributed by atoms with Crippen molar-refractivity contribution in [2.75, 3.05) is 26.3 Å². The molecule has 1 amide bonds. The van der Waals surface area contributed by atoms with Crippen LogP contribution in [0.3, 0.4) is 0 Å². The fourth-order valence-electron chi connectivity index (χ4n) is 4.59. The van der Waals surface area contributed by atoms with E-state index in [9.17, 15) is 4.79 Å². The van der Waals surface area contributed by atoms with Crippen LogP contribution < -0.4 is 0 Å². The summed E-state index contributed by atoms with van der Waals surface area (Å²) < 4.78 is 20.9. The molecule has 1 atom stereocenters. The van der Waals surface area contributed by atoms with Crippen LogP contribution in [0.25, 0.3) is 16.2 Å². The van der Waals surface area contributed by atoms with Crippen LogP contribution in [0.1, 0.15) is 46.3 Å². The van der Waals surface area contributed by atoms with Gasteiger partial charge < -0.3 is 9.64 Å². The number of rotatable bonds is 3. The molecule has 0 aliphatic carbocycles. The molecule has 2 saturated heterocycles. The molecule has 0 saturated carbocycles. The third kappa shape index (κ3) is 4.84. The number of piperidine rings is 1. The molecule has 0 bridgehead atoms. The predicted octanol–water partition coefficient (Wildman–Crippen LogP) is 4.75. The van der Waals surface area contributed by atoms with Gasteiger partial charge in [0.2, 0.25) is 0 Å². The maximum atomic E-state index is 15.6. The van der Waals surface area contributed by atoms with Crippen LogP contribution >= 0.6 is 0 Å². The lowest BCUT2D eigenvalue weighted by molar-refractivity contribution is 0.0421. The molecule has 5 rings (SSSR count). The fourth-order valence-corrected chi connectivity index (χ4v) is 4.59. The summed E-state index contributed by atoms with van der Waals surface area (Å²) in [6.45, 7) is 3.87. The molecule has 9 heteroatoms. The number of carbonyl (C=O) groups is 1. The van der Waals surface area contributed by atoms with E-state index in [2.05, 4.69) is 26.1 Å². The number of halogens is 1. The van der Waals surface area contributed by atoms with E-state index < -0.39 is 5.67 Å². The SMILES string of the molecule is Cc1ccc(C(=O)N2CCC(F)(c3ccc(C#N)cc3)CC2)cc1-c1n[nH]c([N+]#CC2CCOC2)n1. The summed E-state index contributed by atoms with van der Waals surface area (Å²) in [5.74, 6) is 0.811. The Kier molecular flexibility index (Phi) is 6.49. The molecule has 182 valence electrons. The molecule has 2 aromatic carbocycles. The molecule has 3 aromatic rings. The van der Waals surface area contributed by atoms with Crippen LogP contribution in [-0.2, 0) is 10.4 Å². The van der Waals surface area contributed by atoms with Gasteiger partial charge in [-0.05, 0) is 53.7 Å². The van der Waals surface area contributed by atoms with Gasteiger partial charge in [-0.15, -0.1) is 5.10 Å². The molecule has 2 aliphatic rings. The van der Waals surface area contributed by atoms with E-state index in [0.717, 1.165) is 17.5 Å². The number of amides is 1. The van der Waals surface area contributed by atoms with E-state index in [1.54, 1.807) is 41.3 Å². The predicted molar refractivity (Wildman–Crippen MR) is 131 cm³/mol. The van der Waals surface area contributed by atoms with Crippen molar-refractivity contribution < 1.29 is 13.9 Å². The van der Waals surface area contributed by atoms with Crippen molar-refractivity contribution in [2.45, 2.75) is 31.9 Å². The normalized spacial score (nSPS) is 18.8. The number of hydrogen-bond acceptors (Lipinski definition) is 5. The highest BCUT2D eigenvalue weighted by molar-refractivity contribution is 5.95. The zero-order chi connectivity index (χ0) is 25.1. The van der Waals surface area contributed by atoms with Crippen LogP contribution in [0, 0.1) is 30.2 Å². The number of hydrogen-bond donors (Lipinski definition) is 1. The third-order valence-electron chi connectivity index (χ3n) is 6.86. The molecule has 1 aromatic heterocycles. The van der Waals surface area contributed by atoms with E-state index in [0.29, 0.717) is 54.8 Å². The summed E-state index contributed by atoms with van der Waals surface area (Å²) in [5.41, 5.74) is 1.70. The van der Waals surface area contributed by atoms with Gasteiger partial charge in [0.15, 0.2) is 0 Å². The van der Waals surface area contributed by atoms with Gasteiger partial charge in [-0.3, -0.25) is 4.79 Å². The van der Waals surface area contributed by atoms with E-state index in [4.69, 9.17) is 10.00 Å². The first kappa shape index (κ1) is 23.7. The Balaban J connectivity index is 1.28. The molecule has 0 spiro atoms. The first-order valence-electron chi connectivity index (χ1n) is 12.0. The summed E-state index contributed by atoms with van der Waals surface area (Å²) >= 11 is 0. The van der Waals surface area contributed by atoms with Gasteiger partial charge in [0.1, 0.15) is 11.7 Å².